The molecule has 0 atom stereocenters. The van der Waals surface area contributed by atoms with Crippen molar-refractivity contribution < 1.29 is 19.2 Å². The Morgan fingerprint density at radius 2 is 1.93 bits per heavy atom. The number of nitro benzene ring substituents is 1. The Bertz CT molecular complexity index is 1060. The van der Waals surface area contributed by atoms with E-state index in [1.807, 2.05) is 0 Å². The summed E-state index contributed by atoms with van der Waals surface area (Å²) in [6.07, 6.45) is 0. The van der Waals surface area contributed by atoms with Gasteiger partial charge in [-0.15, -0.1) is 10.2 Å². The first-order valence-corrected chi connectivity index (χ1v) is 9.72. The van der Waals surface area contributed by atoms with Gasteiger partial charge in [0.1, 0.15) is 16.5 Å². The van der Waals surface area contributed by atoms with Crippen molar-refractivity contribution in [3.05, 3.63) is 64.7 Å². The third-order valence-electron chi connectivity index (χ3n) is 4.03. The molecule has 1 N–H and O–H groups in total. The van der Waals surface area contributed by atoms with Gasteiger partial charge in [0.25, 0.3) is 5.69 Å². The maximum Gasteiger partial charge on any atom is 0.270 e. The van der Waals surface area contributed by atoms with Crippen LogP contribution in [-0.2, 0) is 4.79 Å². The summed E-state index contributed by atoms with van der Waals surface area (Å²) >= 11 is 1.22. The minimum atomic E-state index is -0.461. The normalized spacial score (nSPS) is 10.3. The molecule has 1 amide bonds. The highest BCUT2D eigenvalue weighted by molar-refractivity contribution is 7.99. The Balaban J connectivity index is 1.61. The molecule has 9 nitrogen and oxygen atoms in total. The zero-order valence-corrected chi connectivity index (χ0v) is 17.0. The van der Waals surface area contributed by atoms with Crippen LogP contribution in [0.2, 0.25) is 0 Å². The summed E-state index contributed by atoms with van der Waals surface area (Å²) in [5.74, 6) is 1.01. The van der Waals surface area contributed by atoms with Crippen molar-refractivity contribution in [3.8, 4) is 22.8 Å². The van der Waals surface area contributed by atoms with Gasteiger partial charge in [0.2, 0.25) is 5.91 Å². The summed E-state index contributed by atoms with van der Waals surface area (Å²) in [5.41, 5.74) is 1.63. The van der Waals surface area contributed by atoms with Crippen molar-refractivity contribution in [2.75, 3.05) is 25.3 Å². The lowest BCUT2D eigenvalue weighted by molar-refractivity contribution is -0.384. The number of nitrogens with one attached hydrogen (secondary N) is 1. The van der Waals surface area contributed by atoms with Gasteiger partial charge in [0.05, 0.1) is 36.3 Å². The minimum absolute atomic E-state index is 0.0154. The number of nitrogens with zero attached hydrogens (tertiary/aromatic N) is 3. The number of anilines is 1. The first-order chi connectivity index (χ1) is 14.5. The summed E-state index contributed by atoms with van der Waals surface area (Å²) < 4.78 is 10.4. The molecule has 3 rings (SSSR count). The standard InChI is InChI=1S/C20H18N4O5S/c1-28-15-6-7-17(18(11-15)29-2)21-19(25)12-30-20-9-8-16(22-23-20)13-4-3-5-14(10-13)24(26)27/h3-11H,12H2,1-2H3,(H,21,25). The number of non-ortho nitro benzene ring substituents is 1. The van der Waals surface area contributed by atoms with Crippen molar-refractivity contribution >= 4 is 29.0 Å². The highest BCUT2D eigenvalue weighted by Gasteiger charge is 2.11. The van der Waals surface area contributed by atoms with Gasteiger partial charge >= 0.3 is 0 Å². The van der Waals surface area contributed by atoms with E-state index in [0.29, 0.717) is 33.5 Å². The predicted molar refractivity (Wildman–Crippen MR) is 113 cm³/mol. The van der Waals surface area contributed by atoms with E-state index in [9.17, 15) is 14.9 Å². The molecule has 0 aliphatic rings. The molecule has 0 spiro atoms. The quantitative estimate of drug-likeness (QED) is 0.328. The number of carbonyl (C=O) groups excluding carboxylic acids is 1. The zero-order chi connectivity index (χ0) is 21.5. The molecule has 0 saturated heterocycles. The molecule has 0 fully saturated rings. The Kier molecular flexibility index (Phi) is 6.81. The number of carbonyl (C=O) groups is 1. The van der Waals surface area contributed by atoms with E-state index >= 15 is 0 Å². The van der Waals surface area contributed by atoms with Gasteiger partial charge in [0, 0.05) is 23.8 Å². The molecular formula is C20H18N4O5S. The molecular weight excluding hydrogens is 408 g/mol. The number of benzene rings is 2. The minimum Gasteiger partial charge on any atom is -0.497 e. The third kappa shape index (κ3) is 5.23. The number of ether oxygens (including phenoxy) is 2. The molecule has 30 heavy (non-hydrogen) atoms. The highest BCUT2D eigenvalue weighted by atomic mass is 32.2. The molecule has 0 aliphatic carbocycles. The molecule has 154 valence electrons. The van der Waals surface area contributed by atoms with Crippen LogP contribution in [0, 0.1) is 10.1 Å². The second-order valence-corrected chi connectivity index (χ2v) is 6.96. The summed E-state index contributed by atoms with van der Waals surface area (Å²) in [7, 11) is 3.06. The van der Waals surface area contributed by atoms with E-state index in [2.05, 4.69) is 15.5 Å². The summed E-state index contributed by atoms with van der Waals surface area (Å²) in [6, 6.07) is 14.7. The van der Waals surface area contributed by atoms with Crippen molar-refractivity contribution in [1.29, 1.82) is 0 Å². The predicted octanol–water partition coefficient (Wildman–Crippen LogP) is 3.80. The van der Waals surface area contributed by atoms with Gasteiger partial charge in [-0.25, -0.2) is 0 Å². The first kappa shape index (κ1) is 21.1. The maximum atomic E-state index is 12.3. The summed E-state index contributed by atoms with van der Waals surface area (Å²) in [6.45, 7) is 0. The average Bonchev–Trinajstić information content (AvgIpc) is 2.78. The molecule has 0 bridgehead atoms. The Morgan fingerprint density at radius 3 is 2.60 bits per heavy atom. The second-order valence-electron chi connectivity index (χ2n) is 5.97. The molecule has 0 saturated carbocycles. The van der Waals surface area contributed by atoms with Crippen molar-refractivity contribution in [1.82, 2.24) is 10.2 Å². The van der Waals surface area contributed by atoms with Crippen LogP contribution in [0.1, 0.15) is 0 Å². The number of thioether (sulfide) groups is 1. The van der Waals surface area contributed by atoms with Crippen molar-refractivity contribution in [2.45, 2.75) is 5.03 Å². The van der Waals surface area contributed by atoms with Crippen molar-refractivity contribution in [3.63, 3.8) is 0 Å². The fraction of sp³-hybridized carbons (Fsp3) is 0.150. The smallest absolute Gasteiger partial charge is 0.270 e. The molecule has 2 aromatic carbocycles. The van der Waals surface area contributed by atoms with Crippen LogP contribution in [0.5, 0.6) is 11.5 Å². The average molecular weight is 426 g/mol. The molecule has 1 heterocycles. The summed E-state index contributed by atoms with van der Waals surface area (Å²) in [4.78, 5) is 22.7. The maximum absolute atomic E-state index is 12.3. The van der Waals surface area contributed by atoms with E-state index in [-0.39, 0.29) is 17.3 Å². The summed E-state index contributed by atoms with van der Waals surface area (Å²) in [5, 5.41) is 22.4. The van der Waals surface area contributed by atoms with Crippen molar-refractivity contribution in [2.24, 2.45) is 0 Å². The van der Waals surface area contributed by atoms with Crippen LogP contribution in [0.25, 0.3) is 11.3 Å². The fourth-order valence-corrected chi connectivity index (χ4v) is 3.17. The van der Waals surface area contributed by atoms with Gasteiger partial charge in [-0.1, -0.05) is 23.9 Å². The SMILES string of the molecule is COc1ccc(NC(=O)CSc2ccc(-c3cccc([N+](=O)[O-])c3)nn2)c(OC)c1. The fourth-order valence-electron chi connectivity index (χ4n) is 2.56. The lowest BCUT2D eigenvalue weighted by Gasteiger charge is -2.11. The number of rotatable bonds is 8. The van der Waals surface area contributed by atoms with Crippen LogP contribution in [0.3, 0.4) is 0 Å². The van der Waals surface area contributed by atoms with Crippen LogP contribution in [0.4, 0.5) is 11.4 Å². The Labute approximate surface area is 176 Å². The van der Waals surface area contributed by atoms with Gasteiger partial charge in [-0.3, -0.25) is 14.9 Å². The molecule has 3 aromatic rings. The largest absolute Gasteiger partial charge is 0.497 e. The topological polar surface area (TPSA) is 116 Å². The van der Waals surface area contributed by atoms with E-state index in [0.717, 1.165) is 0 Å². The van der Waals surface area contributed by atoms with E-state index in [1.54, 1.807) is 49.6 Å². The third-order valence-corrected chi connectivity index (χ3v) is 4.95. The number of methoxy groups -OCH3 is 2. The van der Waals surface area contributed by atoms with Gasteiger partial charge in [-0.2, -0.15) is 0 Å². The highest BCUT2D eigenvalue weighted by Crippen LogP contribution is 2.29. The second kappa shape index (κ2) is 9.70. The number of nitro groups is 1. The number of aromatic nitrogens is 2. The first-order valence-electron chi connectivity index (χ1n) is 8.73. The molecule has 0 radical (unpaired) electrons. The monoisotopic (exact) mass is 426 g/mol. The van der Waals surface area contributed by atoms with Gasteiger partial charge in [0.15, 0.2) is 0 Å². The van der Waals surface area contributed by atoms with Gasteiger partial charge in [-0.05, 0) is 24.3 Å². The number of hydrogen-bond donors (Lipinski definition) is 1. The van der Waals surface area contributed by atoms with Crippen LogP contribution in [-0.4, -0.2) is 41.0 Å². The molecule has 0 aliphatic heterocycles. The van der Waals surface area contributed by atoms with E-state index in [4.69, 9.17) is 9.47 Å². The number of amides is 1. The molecule has 1 aromatic heterocycles. The molecule has 0 unspecified atom stereocenters. The lowest BCUT2D eigenvalue weighted by Crippen LogP contribution is -2.14. The Hall–Kier alpha value is -3.66. The Morgan fingerprint density at radius 1 is 1.10 bits per heavy atom. The number of hydrogen-bond acceptors (Lipinski definition) is 8. The lowest BCUT2D eigenvalue weighted by atomic mass is 10.1. The van der Waals surface area contributed by atoms with E-state index in [1.165, 1.54) is 31.0 Å². The van der Waals surface area contributed by atoms with Gasteiger partial charge < -0.3 is 14.8 Å². The van der Waals surface area contributed by atoms with E-state index < -0.39 is 4.92 Å². The van der Waals surface area contributed by atoms with Crippen LogP contribution < -0.4 is 14.8 Å². The zero-order valence-electron chi connectivity index (χ0n) is 16.2. The van der Waals surface area contributed by atoms with Crippen LogP contribution in [0.15, 0.2) is 59.6 Å². The molecule has 10 heteroatoms. The van der Waals surface area contributed by atoms with Crippen LogP contribution >= 0.6 is 11.8 Å².